The second kappa shape index (κ2) is 7.00. The van der Waals surface area contributed by atoms with Crippen molar-refractivity contribution in [3.8, 4) is 11.3 Å². The number of halogens is 1. The molecule has 1 amide bonds. The number of rotatable bonds is 3. The number of aromatic amines is 1. The minimum absolute atomic E-state index is 0.0688. The van der Waals surface area contributed by atoms with Gasteiger partial charge >= 0.3 is 0 Å². The first kappa shape index (κ1) is 16.3. The van der Waals surface area contributed by atoms with Gasteiger partial charge in [0, 0.05) is 37.8 Å². The Hall–Kier alpha value is -3.15. The number of nitrogens with one attached hydrogen (secondary N) is 1. The number of anilines is 1. The highest BCUT2D eigenvalue weighted by atomic mass is 19.1. The van der Waals surface area contributed by atoms with Gasteiger partial charge in [-0.1, -0.05) is 18.2 Å². The van der Waals surface area contributed by atoms with E-state index in [1.54, 1.807) is 12.1 Å². The summed E-state index contributed by atoms with van der Waals surface area (Å²) in [5.74, 6) is 0.656. The first-order valence-corrected chi connectivity index (χ1v) is 8.61. The van der Waals surface area contributed by atoms with Gasteiger partial charge in [0.1, 0.15) is 5.82 Å². The number of H-pyrrole nitrogens is 1. The smallest absolute Gasteiger partial charge is 0.253 e. The number of amides is 1. The van der Waals surface area contributed by atoms with Gasteiger partial charge in [-0.3, -0.25) is 9.89 Å². The van der Waals surface area contributed by atoms with E-state index in [2.05, 4.69) is 15.1 Å². The summed E-state index contributed by atoms with van der Waals surface area (Å²) in [4.78, 5) is 16.5. The van der Waals surface area contributed by atoms with E-state index in [-0.39, 0.29) is 11.7 Å². The summed E-state index contributed by atoms with van der Waals surface area (Å²) in [5.41, 5.74) is 2.46. The van der Waals surface area contributed by atoms with Crippen LogP contribution in [0, 0.1) is 5.82 Å². The van der Waals surface area contributed by atoms with Gasteiger partial charge in [-0.25, -0.2) is 4.39 Å². The van der Waals surface area contributed by atoms with Crippen molar-refractivity contribution >= 4 is 11.7 Å². The molecule has 0 atom stereocenters. The highest BCUT2D eigenvalue weighted by molar-refractivity contribution is 5.94. The average Bonchev–Trinajstić information content (AvgIpc) is 3.19. The zero-order valence-electron chi connectivity index (χ0n) is 14.2. The maximum absolute atomic E-state index is 13.1. The fraction of sp³-hybridized carbons (Fsp3) is 0.200. The van der Waals surface area contributed by atoms with Crippen molar-refractivity contribution in [1.29, 1.82) is 0 Å². The third-order valence-electron chi connectivity index (χ3n) is 4.63. The fourth-order valence-electron chi connectivity index (χ4n) is 3.15. The summed E-state index contributed by atoms with van der Waals surface area (Å²) < 4.78 is 13.1. The molecule has 4 rings (SSSR count). The zero-order valence-corrected chi connectivity index (χ0v) is 14.2. The molecule has 1 aromatic heterocycles. The Morgan fingerprint density at radius 2 is 1.65 bits per heavy atom. The van der Waals surface area contributed by atoms with Crippen molar-refractivity contribution in [2.75, 3.05) is 31.1 Å². The molecule has 5 nitrogen and oxygen atoms in total. The Kier molecular flexibility index (Phi) is 4.39. The molecule has 0 saturated carbocycles. The summed E-state index contributed by atoms with van der Waals surface area (Å²) in [6, 6.07) is 17.6. The monoisotopic (exact) mass is 350 g/mol. The normalized spacial score (nSPS) is 14.5. The summed E-state index contributed by atoms with van der Waals surface area (Å²) in [6.07, 6.45) is 0. The number of nitrogens with zero attached hydrogens (tertiary/aromatic N) is 3. The molecule has 0 spiro atoms. The third kappa shape index (κ3) is 3.31. The molecule has 2 aromatic carbocycles. The van der Waals surface area contributed by atoms with Gasteiger partial charge in [-0.05, 0) is 42.0 Å². The average molecular weight is 350 g/mol. The predicted octanol–water partition coefficient (Wildman–Crippen LogP) is 3.18. The van der Waals surface area contributed by atoms with E-state index >= 15 is 0 Å². The molecule has 1 saturated heterocycles. The van der Waals surface area contributed by atoms with Crippen molar-refractivity contribution in [2.24, 2.45) is 0 Å². The number of carbonyl (C=O) groups excluding carboxylic acids is 1. The van der Waals surface area contributed by atoms with Crippen LogP contribution in [0.15, 0.2) is 60.7 Å². The van der Waals surface area contributed by atoms with Crippen LogP contribution < -0.4 is 4.90 Å². The van der Waals surface area contributed by atoms with Crippen molar-refractivity contribution in [3.05, 3.63) is 72.0 Å². The van der Waals surface area contributed by atoms with Crippen molar-refractivity contribution < 1.29 is 9.18 Å². The van der Waals surface area contributed by atoms with Crippen LogP contribution in [0.1, 0.15) is 10.4 Å². The quantitative estimate of drug-likeness (QED) is 0.789. The Bertz CT molecular complexity index is 884. The van der Waals surface area contributed by atoms with E-state index in [4.69, 9.17) is 0 Å². The second-order valence-electron chi connectivity index (χ2n) is 6.29. The third-order valence-corrected chi connectivity index (χ3v) is 4.63. The summed E-state index contributed by atoms with van der Waals surface area (Å²) in [6.45, 7) is 2.78. The Labute approximate surface area is 151 Å². The highest BCUT2D eigenvalue weighted by Crippen LogP contribution is 2.23. The molecule has 1 aliphatic heterocycles. The molecule has 132 valence electrons. The van der Waals surface area contributed by atoms with Crippen molar-refractivity contribution in [2.45, 2.75) is 0 Å². The fourth-order valence-corrected chi connectivity index (χ4v) is 3.15. The van der Waals surface area contributed by atoms with E-state index in [0.29, 0.717) is 13.1 Å². The van der Waals surface area contributed by atoms with E-state index in [1.807, 2.05) is 41.3 Å². The molecule has 1 aliphatic rings. The lowest BCUT2D eigenvalue weighted by atomic mass is 10.1. The molecular weight excluding hydrogens is 331 g/mol. The van der Waals surface area contributed by atoms with Gasteiger partial charge in [0.25, 0.3) is 5.91 Å². The summed E-state index contributed by atoms with van der Waals surface area (Å²) in [7, 11) is 0. The minimum atomic E-state index is -0.257. The van der Waals surface area contributed by atoms with Gasteiger partial charge < -0.3 is 9.80 Å². The number of aromatic nitrogens is 2. The van der Waals surface area contributed by atoms with Crippen LogP contribution in [0.4, 0.5) is 10.2 Å². The lowest BCUT2D eigenvalue weighted by Gasteiger charge is -2.34. The van der Waals surface area contributed by atoms with E-state index in [1.165, 1.54) is 12.1 Å². The van der Waals surface area contributed by atoms with Crippen LogP contribution >= 0.6 is 0 Å². The molecule has 1 fully saturated rings. The minimum Gasteiger partial charge on any atom is -0.352 e. The van der Waals surface area contributed by atoms with Crippen LogP contribution in [-0.4, -0.2) is 47.2 Å². The Balaban J connectivity index is 1.41. The Morgan fingerprint density at radius 3 is 2.35 bits per heavy atom. The maximum atomic E-state index is 13.1. The van der Waals surface area contributed by atoms with Crippen molar-refractivity contribution in [1.82, 2.24) is 15.1 Å². The number of piperazine rings is 1. The first-order valence-electron chi connectivity index (χ1n) is 8.61. The standard InChI is InChI=1S/C20H19FN4O/c21-17-8-6-15(7-9-17)18-14-19(23-22-18)24-10-12-25(13-11-24)20(26)16-4-2-1-3-5-16/h1-9,14H,10-13H2,(H,22,23). The topological polar surface area (TPSA) is 52.2 Å². The number of hydrogen-bond donors (Lipinski definition) is 1. The molecular formula is C20H19FN4O. The van der Waals surface area contributed by atoms with Crippen LogP contribution in [-0.2, 0) is 0 Å². The largest absolute Gasteiger partial charge is 0.352 e. The highest BCUT2D eigenvalue weighted by Gasteiger charge is 2.23. The van der Waals surface area contributed by atoms with Gasteiger partial charge in [0.05, 0.1) is 5.69 Å². The zero-order chi connectivity index (χ0) is 17.9. The van der Waals surface area contributed by atoms with E-state index in [0.717, 1.165) is 35.7 Å². The number of benzene rings is 2. The lowest BCUT2D eigenvalue weighted by molar-refractivity contribution is 0.0746. The Morgan fingerprint density at radius 1 is 0.962 bits per heavy atom. The molecule has 0 unspecified atom stereocenters. The van der Waals surface area contributed by atoms with Crippen molar-refractivity contribution in [3.63, 3.8) is 0 Å². The molecule has 6 heteroatoms. The first-order chi connectivity index (χ1) is 12.7. The van der Waals surface area contributed by atoms with E-state index in [9.17, 15) is 9.18 Å². The molecule has 2 heterocycles. The van der Waals surface area contributed by atoms with Gasteiger partial charge in [0.2, 0.25) is 0 Å². The van der Waals surface area contributed by atoms with Gasteiger partial charge in [0.15, 0.2) is 5.82 Å². The molecule has 1 N–H and O–H groups in total. The van der Waals surface area contributed by atoms with Crippen LogP contribution in [0.25, 0.3) is 11.3 Å². The molecule has 0 aliphatic carbocycles. The van der Waals surface area contributed by atoms with E-state index < -0.39 is 0 Å². The van der Waals surface area contributed by atoms with Gasteiger partial charge in [-0.15, -0.1) is 0 Å². The van der Waals surface area contributed by atoms with Crippen LogP contribution in [0.2, 0.25) is 0 Å². The molecule has 3 aromatic rings. The van der Waals surface area contributed by atoms with Gasteiger partial charge in [-0.2, -0.15) is 5.10 Å². The SMILES string of the molecule is O=C(c1ccccc1)N1CCN(c2cc(-c3ccc(F)cc3)[nH]n2)CC1. The summed E-state index contributed by atoms with van der Waals surface area (Å²) in [5, 5.41) is 7.37. The maximum Gasteiger partial charge on any atom is 0.253 e. The molecule has 0 bridgehead atoms. The summed E-state index contributed by atoms with van der Waals surface area (Å²) >= 11 is 0. The van der Waals surface area contributed by atoms with Crippen LogP contribution in [0.5, 0.6) is 0 Å². The number of carbonyl (C=O) groups is 1. The number of hydrogen-bond acceptors (Lipinski definition) is 3. The molecule has 0 radical (unpaired) electrons. The second-order valence-corrected chi connectivity index (χ2v) is 6.29. The lowest BCUT2D eigenvalue weighted by Crippen LogP contribution is -2.48. The predicted molar refractivity (Wildman–Crippen MR) is 98.5 cm³/mol. The molecule has 26 heavy (non-hydrogen) atoms. The van der Waals surface area contributed by atoms with Crippen LogP contribution in [0.3, 0.4) is 0 Å².